The van der Waals surface area contributed by atoms with E-state index in [0.29, 0.717) is 17.6 Å². The topological polar surface area (TPSA) is 69.6 Å². The summed E-state index contributed by atoms with van der Waals surface area (Å²) in [6.07, 6.45) is 0. The molecule has 0 aliphatic heterocycles. The molecule has 3 aromatic heterocycles. The molecule has 0 amide bonds. The number of hydrogen-bond donors (Lipinski definition) is 0. The molecule has 0 spiro atoms. The van der Waals surface area contributed by atoms with Gasteiger partial charge in [0, 0.05) is 27.5 Å². The zero-order valence-electron chi connectivity index (χ0n) is 27.7. The monoisotopic (exact) mass is 665 g/mol. The van der Waals surface area contributed by atoms with Crippen molar-refractivity contribution in [2.45, 2.75) is 0 Å². The van der Waals surface area contributed by atoms with Crippen LogP contribution in [0.25, 0.3) is 105 Å². The number of imidazole rings is 1. The quantitative estimate of drug-likeness (QED) is 0.175. The van der Waals surface area contributed by atoms with E-state index in [0.717, 1.165) is 60.9 Å². The minimum absolute atomic E-state index is 0.487. The predicted octanol–water partition coefficient (Wildman–Crippen LogP) is 11.6. The van der Waals surface area contributed by atoms with Gasteiger partial charge in [0.25, 0.3) is 0 Å². The third kappa shape index (κ3) is 4.31. The van der Waals surface area contributed by atoms with Crippen molar-refractivity contribution in [3.8, 4) is 40.1 Å². The maximum Gasteiger partial charge on any atom is 0.240 e. The fourth-order valence-electron chi connectivity index (χ4n) is 7.73. The number of fused-ring (bicyclic) bond motifs is 10. The lowest BCUT2D eigenvalue weighted by molar-refractivity contribution is 0.669. The van der Waals surface area contributed by atoms with E-state index < -0.39 is 0 Å². The second kappa shape index (κ2) is 11.2. The van der Waals surface area contributed by atoms with E-state index in [-0.39, 0.29) is 0 Å². The smallest absolute Gasteiger partial charge is 0.240 e. The Morgan fingerprint density at radius 2 is 1.02 bits per heavy atom. The average Bonchev–Trinajstić information content (AvgIpc) is 3.80. The molecule has 11 rings (SSSR count). The average molecular weight is 666 g/mol. The first-order chi connectivity index (χ1) is 25.8. The number of hydrogen-bond acceptors (Lipinski definition) is 5. The second-order valence-corrected chi connectivity index (χ2v) is 13.0. The summed E-state index contributed by atoms with van der Waals surface area (Å²) < 4.78 is 8.36. The SMILES string of the molecule is c1ccc(-c2nc3ccccc3n2-c2nc(-c3ccc4c5ccccc5c5ccccc5c4c3)nc(-c3cccc4oc5ccccc5c34)n2)cc1. The summed E-state index contributed by atoms with van der Waals surface area (Å²) in [7, 11) is 0. The van der Waals surface area contributed by atoms with Crippen molar-refractivity contribution in [2.75, 3.05) is 0 Å². The van der Waals surface area contributed by atoms with E-state index in [9.17, 15) is 0 Å². The van der Waals surface area contributed by atoms with Crippen molar-refractivity contribution in [3.05, 3.63) is 164 Å². The van der Waals surface area contributed by atoms with E-state index in [4.69, 9.17) is 24.4 Å². The Balaban J connectivity index is 1.23. The Labute approximate surface area is 297 Å². The molecule has 8 aromatic carbocycles. The summed E-state index contributed by atoms with van der Waals surface area (Å²) in [5.41, 5.74) is 6.10. The molecule has 0 bridgehead atoms. The van der Waals surface area contributed by atoms with Crippen molar-refractivity contribution in [2.24, 2.45) is 0 Å². The highest BCUT2D eigenvalue weighted by molar-refractivity contribution is 6.25. The molecule has 242 valence electrons. The summed E-state index contributed by atoms with van der Waals surface area (Å²) >= 11 is 0. The van der Waals surface area contributed by atoms with Gasteiger partial charge >= 0.3 is 0 Å². The largest absolute Gasteiger partial charge is 0.456 e. The van der Waals surface area contributed by atoms with Crippen LogP contribution in [0.4, 0.5) is 0 Å². The van der Waals surface area contributed by atoms with Crippen molar-refractivity contribution in [3.63, 3.8) is 0 Å². The molecule has 0 N–H and O–H groups in total. The van der Waals surface area contributed by atoms with Crippen molar-refractivity contribution >= 4 is 65.3 Å². The third-order valence-corrected chi connectivity index (χ3v) is 10.1. The Morgan fingerprint density at radius 3 is 1.81 bits per heavy atom. The van der Waals surface area contributed by atoms with Crippen molar-refractivity contribution in [1.82, 2.24) is 24.5 Å². The van der Waals surface area contributed by atoms with Crippen LogP contribution >= 0.6 is 0 Å². The Bertz CT molecular complexity index is 3160. The minimum Gasteiger partial charge on any atom is -0.456 e. The van der Waals surface area contributed by atoms with Crippen molar-refractivity contribution in [1.29, 1.82) is 0 Å². The third-order valence-electron chi connectivity index (χ3n) is 10.1. The lowest BCUT2D eigenvalue weighted by atomic mass is 9.93. The van der Waals surface area contributed by atoms with Crippen LogP contribution in [0, 0.1) is 0 Å². The van der Waals surface area contributed by atoms with Crippen LogP contribution < -0.4 is 0 Å². The van der Waals surface area contributed by atoms with Gasteiger partial charge in [0.05, 0.1) is 11.0 Å². The molecule has 0 saturated heterocycles. The molecular formula is C46H27N5O. The number of furan rings is 1. The summed E-state index contributed by atoms with van der Waals surface area (Å²) in [5.74, 6) is 2.37. The molecule has 0 atom stereocenters. The highest BCUT2D eigenvalue weighted by atomic mass is 16.3. The zero-order valence-corrected chi connectivity index (χ0v) is 27.7. The van der Waals surface area contributed by atoms with Crippen LogP contribution in [-0.2, 0) is 0 Å². The van der Waals surface area contributed by atoms with Crippen LogP contribution in [0.3, 0.4) is 0 Å². The van der Waals surface area contributed by atoms with Gasteiger partial charge in [-0.15, -0.1) is 0 Å². The normalized spacial score (nSPS) is 11.8. The molecule has 11 aromatic rings. The van der Waals surface area contributed by atoms with Gasteiger partial charge in [0.2, 0.25) is 5.95 Å². The Kier molecular flexibility index (Phi) is 6.15. The molecule has 0 aliphatic rings. The van der Waals surface area contributed by atoms with Gasteiger partial charge in [-0.3, -0.25) is 4.57 Å². The summed E-state index contributed by atoms with van der Waals surface area (Å²) in [6.45, 7) is 0. The number of benzene rings is 8. The highest BCUT2D eigenvalue weighted by Crippen LogP contribution is 2.39. The number of aromatic nitrogens is 5. The maximum atomic E-state index is 6.30. The molecule has 0 saturated carbocycles. The molecule has 3 heterocycles. The predicted molar refractivity (Wildman–Crippen MR) is 211 cm³/mol. The fourth-order valence-corrected chi connectivity index (χ4v) is 7.73. The lowest BCUT2D eigenvalue weighted by Crippen LogP contribution is -2.08. The number of rotatable bonds is 4. The van der Waals surface area contributed by atoms with Gasteiger partial charge in [-0.25, -0.2) is 9.97 Å². The first-order valence-electron chi connectivity index (χ1n) is 17.3. The van der Waals surface area contributed by atoms with Crippen molar-refractivity contribution < 1.29 is 4.42 Å². The van der Waals surface area contributed by atoms with Gasteiger partial charge < -0.3 is 4.42 Å². The second-order valence-electron chi connectivity index (χ2n) is 13.0. The van der Waals surface area contributed by atoms with Crippen LogP contribution in [0.2, 0.25) is 0 Å². The van der Waals surface area contributed by atoms with Crippen LogP contribution in [0.15, 0.2) is 168 Å². The molecule has 6 nitrogen and oxygen atoms in total. The number of nitrogens with zero attached hydrogens (tertiary/aromatic N) is 5. The molecule has 0 aliphatic carbocycles. The summed E-state index contributed by atoms with van der Waals surface area (Å²) in [4.78, 5) is 20.9. The van der Waals surface area contributed by atoms with Gasteiger partial charge in [0.15, 0.2) is 11.6 Å². The molecule has 0 fully saturated rings. The van der Waals surface area contributed by atoms with Crippen LogP contribution in [0.5, 0.6) is 0 Å². The molecule has 6 heteroatoms. The van der Waals surface area contributed by atoms with E-state index in [1.807, 2.05) is 66.7 Å². The van der Waals surface area contributed by atoms with Gasteiger partial charge in [-0.05, 0) is 62.6 Å². The summed E-state index contributed by atoms with van der Waals surface area (Å²) in [5, 5.41) is 9.18. The maximum absolute atomic E-state index is 6.30. The summed E-state index contributed by atoms with van der Waals surface area (Å²) in [6, 6.07) is 56.3. The van der Waals surface area contributed by atoms with Gasteiger partial charge in [-0.1, -0.05) is 133 Å². The first kappa shape index (κ1) is 28.6. The molecular weight excluding hydrogens is 639 g/mol. The Morgan fingerprint density at radius 1 is 0.404 bits per heavy atom. The van der Waals surface area contributed by atoms with E-state index in [1.165, 1.54) is 26.9 Å². The van der Waals surface area contributed by atoms with E-state index >= 15 is 0 Å². The molecule has 0 radical (unpaired) electrons. The Hall–Kier alpha value is -7.18. The van der Waals surface area contributed by atoms with Crippen LogP contribution in [0.1, 0.15) is 0 Å². The van der Waals surface area contributed by atoms with Crippen LogP contribution in [-0.4, -0.2) is 24.5 Å². The standard InChI is InChI=1S/C46H27N5O/c1-2-13-28(14-3-1)45-47-38-21-9-10-22-39(38)51(45)46-49-43(48-44(50-46)36-20-12-24-41-42(36)35-19-8-11-23-40(35)52-41)29-25-26-34-32-17-5-4-15-30(32)31-16-6-7-18-33(31)37(34)27-29/h1-27H. The van der Waals surface area contributed by atoms with E-state index in [2.05, 4.69) is 102 Å². The fraction of sp³-hybridized carbons (Fsp3) is 0. The minimum atomic E-state index is 0.487. The molecule has 0 unspecified atom stereocenters. The van der Waals surface area contributed by atoms with E-state index in [1.54, 1.807) is 0 Å². The first-order valence-corrected chi connectivity index (χ1v) is 17.3. The van der Waals surface area contributed by atoms with Gasteiger partial charge in [0.1, 0.15) is 17.0 Å². The zero-order chi connectivity index (χ0) is 34.2. The van der Waals surface area contributed by atoms with Gasteiger partial charge in [-0.2, -0.15) is 9.97 Å². The highest BCUT2D eigenvalue weighted by Gasteiger charge is 2.22. The lowest BCUT2D eigenvalue weighted by Gasteiger charge is -2.14. The number of para-hydroxylation sites is 3. The molecule has 52 heavy (non-hydrogen) atoms.